The average molecular weight is 582 g/mol. The van der Waals surface area contributed by atoms with Crippen molar-refractivity contribution >= 4 is 42.2 Å². The molecule has 0 bridgehead atoms. The van der Waals surface area contributed by atoms with Gasteiger partial charge in [-0.3, -0.25) is 9.59 Å². The zero-order chi connectivity index (χ0) is 29.5. The van der Waals surface area contributed by atoms with Gasteiger partial charge >= 0.3 is 18.6 Å². The zero-order valence-electron chi connectivity index (χ0n) is 23.5. The summed E-state index contributed by atoms with van der Waals surface area (Å²) in [6.45, 7) is 2.64. The number of quaternary nitrogens is 1. The first-order chi connectivity index (χ1) is 19.5. The number of aliphatic hydroxyl groups excluding tert-OH is 1. The van der Waals surface area contributed by atoms with Crippen LogP contribution in [0.15, 0.2) is 48.5 Å². The topological polar surface area (TPSA) is 144 Å². The largest absolute Gasteiger partial charge is 0.605 e. The first-order valence-corrected chi connectivity index (χ1v) is 15.0. The third-order valence-electron chi connectivity index (χ3n) is 8.45. The first-order valence-electron chi connectivity index (χ1n) is 13.8. The molecule has 3 saturated heterocycles. The van der Waals surface area contributed by atoms with Crippen LogP contribution in [0.1, 0.15) is 37.7 Å². The van der Waals surface area contributed by atoms with E-state index in [1.165, 1.54) is 24.8 Å². The number of rotatable bonds is 9. The Labute approximate surface area is 243 Å². The Morgan fingerprint density at radius 1 is 1.02 bits per heavy atom. The molecule has 1 aromatic heterocycles. The van der Waals surface area contributed by atoms with Crippen LogP contribution in [0.2, 0.25) is 0 Å². The van der Waals surface area contributed by atoms with Crippen LogP contribution >= 0.6 is 11.8 Å². The number of thioether (sulfide) groups is 1. The van der Waals surface area contributed by atoms with Gasteiger partial charge < -0.3 is 29.4 Å². The minimum atomic E-state index is -2.65. The van der Waals surface area contributed by atoms with Crippen molar-refractivity contribution in [3.63, 3.8) is 0 Å². The predicted octanol–water partition coefficient (Wildman–Crippen LogP) is 1.28. The van der Waals surface area contributed by atoms with Gasteiger partial charge in [-0.25, -0.2) is 14.6 Å². The summed E-state index contributed by atoms with van der Waals surface area (Å²) in [5.41, 5.74) is 1.49. The van der Waals surface area contributed by atoms with E-state index >= 15 is 0 Å². The zero-order valence-corrected chi connectivity index (χ0v) is 24.3. The van der Waals surface area contributed by atoms with Gasteiger partial charge in [0.1, 0.15) is 11.7 Å². The smallest absolute Gasteiger partial charge is 0.599 e. The standard InChI is InChI=1S/C28H35BN4O7S/c1-16(2)13-23(29-33(4)21(27(37)39-29)14-41-15-22(33)28(38)40-29)31-26(36)24(17(3)34)32-25(35)20-12-8-11-19(30-20)18-9-6-5-7-10-18/h5-12,16-17,21-24,34H,13-15H2,1-4H3,(H,31,36)(H,32,35)/t17-,21-,22-,23+,24+,29?,33?/m1/s1. The van der Waals surface area contributed by atoms with Crippen LogP contribution in [0.4, 0.5) is 0 Å². The lowest BCUT2D eigenvalue weighted by Gasteiger charge is -2.51. The van der Waals surface area contributed by atoms with Gasteiger partial charge in [-0.15, -0.1) is 11.8 Å². The number of nitrogens with zero attached hydrogens (tertiary/aromatic N) is 2. The summed E-state index contributed by atoms with van der Waals surface area (Å²) in [6, 6.07) is 11.8. The normalized spacial score (nSPS) is 28.7. The van der Waals surface area contributed by atoms with E-state index in [4.69, 9.17) is 9.31 Å². The predicted molar refractivity (Wildman–Crippen MR) is 153 cm³/mol. The van der Waals surface area contributed by atoms with E-state index in [2.05, 4.69) is 15.6 Å². The molecule has 11 nitrogen and oxygen atoms in total. The van der Waals surface area contributed by atoms with Crippen molar-refractivity contribution in [3.05, 3.63) is 54.2 Å². The first kappa shape index (κ1) is 29.1. The van der Waals surface area contributed by atoms with Crippen LogP contribution in [0, 0.1) is 5.92 Å². The Morgan fingerprint density at radius 3 is 2.24 bits per heavy atom. The van der Waals surface area contributed by atoms with E-state index in [-0.39, 0.29) is 16.0 Å². The van der Waals surface area contributed by atoms with Crippen LogP contribution in [0.25, 0.3) is 11.3 Å². The summed E-state index contributed by atoms with van der Waals surface area (Å²) in [5.74, 6) is -2.11. The van der Waals surface area contributed by atoms with Crippen molar-refractivity contribution in [2.75, 3.05) is 18.6 Å². The number of carbonyl (C=O) groups excluding carboxylic acids is 4. The second-order valence-corrected chi connectivity index (χ2v) is 12.7. The Morgan fingerprint density at radius 2 is 1.66 bits per heavy atom. The van der Waals surface area contributed by atoms with Crippen molar-refractivity contribution < 1.29 is 38.0 Å². The number of carbonyl (C=O) groups is 4. The Hall–Kier alpha value is -3.42. The van der Waals surface area contributed by atoms with E-state index in [9.17, 15) is 24.3 Å². The highest BCUT2D eigenvalue weighted by atomic mass is 32.2. The lowest BCUT2D eigenvalue weighted by atomic mass is 9.57. The van der Waals surface area contributed by atoms with Gasteiger partial charge in [0, 0.05) is 12.6 Å². The molecule has 1 aromatic carbocycles. The van der Waals surface area contributed by atoms with Crippen molar-refractivity contribution in [3.8, 4) is 11.3 Å². The molecule has 0 aliphatic carbocycles. The molecule has 2 aromatic rings. The fourth-order valence-electron chi connectivity index (χ4n) is 6.28. The Bertz CT molecular complexity index is 1330. The number of amides is 2. The van der Waals surface area contributed by atoms with Gasteiger partial charge in [-0.1, -0.05) is 50.2 Å². The molecule has 13 heteroatoms. The van der Waals surface area contributed by atoms with Gasteiger partial charge in [0.15, 0.2) is 12.1 Å². The highest BCUT2D eigenvalue weighted by Crippen LogP contribution is 2.48. The number of likely N-dealkylation sites (N-methyl/N-ethyl adjacent to an activating group) is 1. The third kappa shape index (κ3) is 5.00. The van der Waals surface area contributed by atoms with Gasteiger partial charge in [0.05, 0.1) is 29.2 Å². The van der Waals surface area contributed by atoms with Crippen LogP contribution < -0.4 is 10.6 Å². The number of aromatic nitrogens is 1. The van der Waals surface area contributed by atoms with E-state index in [0.717, 1.165) is 5.56 Å². The SMILES string of the molecule is CC(C)C[C@H](NC(=O)[C@@H](NC(=O)c1cccc(-c2ccccc2)n1)[C@@H](C)O)[B-]12OC(=O)[C@H]3CSC[C@H](C(=O)O1)[N+]32C. The minimum Gasteiger partial charge on any atom is -0.599 e. The molecule has 2 amide bonds. The molecule has 0 unspecified atom stereocenters. The van der Waals surface area contributed by atoms with E-state index in [1.54, 1.807) is 19.2 Å². The highest BCUT2D eigenvalue weighted by Gasteiger charge is 2.77. The molecular formula is C28H35BN4O7S. The van der Waals surface area contributed by atoms with E-state index < -0.39 is 60.6 Å². The maximum absolute atomic E-state index is 13.7. The van der Waals surface area contributed by atoms with Gasteiger partial charge in [-0.05, 0) is 31.4 Å². The molecule has 0 radical (unpaired) electrons. The maximum atomic E-state index is 13.7. The van der Waals surface area contributed by atoms with Crippen LogP contribution in [-0.4, -0.2) is 93.6 Å². The summed E-state index contributed by atoms with van der Waals surface area (Å²) in [7, 11) is 1.80. The average Bonchev–Trinajstić information content (AvgIpc) is 3.31. The summed E-state index contributed by atoms with van der Waals surface area (Å²) in [5, 5.41) is 16.1. The van der Waals surface area contributed by atoms with Crippen LogP contribution in [-0.2, 0) is 23.7 Å². The van der Waals surface area contributed by atoms with Crippen molar-refractivity contribution in [2.45, 2.75) is 57.4 Å². The minimum absolute atomic E-state index is 0.0299. The Kier molecular flexibility index (Phi) is 7.88. The van der Waals surface area contributed by atoms with Crippen LogP contribution in [0.3, 0.4) is 0 Å². The molecule has 218 valence electrons. The lowest BCUT2D eigenvalue weighted by Crippen LogP contribution is -2.77. The second-order valence-electron chi connectivity index (χ2n) is 11.6. The number of benzene rings is 1. The number of hydrogen-bond acceptors (Lipinski definition) is 9. The van der Waals surface area contributed by atoms with Gasteiger partial charge in [-0.2, -0.15) is 0 Å². The van der Waals surface area contributed by atoms with E-state index in [0.29, 0.717) is 23.6 Å². The quantitative estimate of drug-likeness (QED) is 0.373. The second kappa shape index (κ2) is 11.1. The van der Waals surface area contributed by atoms with Crippen molar-refractivity contribution in [2.24, 2.45) is 5.92 Å². The number of nitrogens with one attached hydrogen (secondary N) is 2. The van der Waals surface area contributed by atoms with Crippen LogP contribution in [0.5, 0.6) is 0 Å². The molecule has 3 N–H and O–H groups in total. The Balaban J connectivity index is 1.40. The molecule has 4 heterocycles. The maximum Gasteiger partial charge on any atom is 0.605 e. The number of pyridine rings is 1. The molecule has 41 heavy (non-hydrogen) atoms. The number of aliphatic hydroxyl groups is 1. The van der Waals surface area contributed by atoms with Crippen molar-refractivity contribution in [1.29, 1.82) is 0 Å². The van der Waals surface area contributed by atoms with Gasteiger partial charge in [0.2, 0.25) is 5.91 Å². The molecule has 0 saturated carbocycles. The fourth-order valence-corrected chi connectivity index (χ4v) is 7.78. The highest BCUT2D eigenvalue weighted by molar-refractivity contribution is 7.99. The monoisotopic (exact) mass is 582 g/mol. The summed E-state index contributed by atoms with van der Waals surface area (Å²) in [6.07, 6.45) is -0.927. The third-order valence-corrected chi connectivity index (χ3v) is 9.55. The molecule has 3 aliphatic rings. The summed E-state index contributed by atoms with van der Waals surface area (Å²) >= 11 is 1.51. The molecule has 3 aliphatic heterocycles. The van der Waals surface area contributed by atoms with E-state index in [1.807, 2.05) is 44.2 Å². The molecule has 0 spiro atoms. The van der Waals surface area contributed by atoms with Gasteiger partial charge in [0.25, 0.3) is 5.91 Å². The fraction of sp³-hybridized carbons (Fsp3) is 0.464. The summed E-state index contributed by atoms with van der Waals surface area (Å²) in [4.78, 5) is 57.4. The molecule has 5 atom stereocenters. The molecule has 3 fully saturated rings. The molecular weight excluding hydrogens is 547 g/mol. The van der Waals surface area contributed by atoms with Crippen molar-refractivity contribution in [1.82, 2.24) is 15.6 Å². The summed E-state index contributed by atoms with van der Waals surface area (Å²) < 4.78 is 11.8. The molecule has 5 rings (SSSR count). The lowest BCUT2D eigenvalue weighted by molar-refractivity contribution is -0.840. The number of hydrogen-bond donors (Lipinski definition) is 3.